The van der Waals surface area contributed by atoms with Crippen LogP contribution < -0.4 is 0 Å². The second kappa shape index (κ2) is 11.8. The van der Waals surface area contributed by atoms with Crippen LogP contribution in [0.2, 0.25) is 0 Å². The molecular formula is C35H56O12. The van der Waals surface area contributed by atoms with Gasteiger partial charge in [0.15, 0.2) is 12.1 Å². The number of aliphatic hydroxyl groups is 6. The predicted molar refractivity (Wildman–Crippen MR) is 164 cm³/mol. The first-order chi connectivity index (χ1) is 22.1. The largest absolute Gasteiger partial charge is 0.460 e. The summed E-state index contributed by atoms with van der Waals surface area (Å²) < 4.78 is 31.0. The van der Waals surface area contributed by atoms with Crippen molar-refractivity contribution in [1.29, 1.82) is 0 Å². The Morgan fingerprint density at radius 3 is 2.34 bits per heavy atom. The number of esters is 1. The number of hydrogen-bond donors (Lipinski definition) is 6. The Bertz CT molecular complexity index is 1190. The maximum absolute atomic E-state index is 12.4. The Kier molecular flexibility index (Phi) is 8.68. The van der Waals surface area contributed by atoms with Crippen molar-refractivity contribution in [3.05, 3.63) is 0 Å². The number of hydrogen-bond acceptors (Lipinski definition) is 12. The van der Waals surface area contributed by atoms with Crippen LogP contribution in [0.1, 0.15) is 86.0 Å². The van der Waals surface area contributed by atoms with Gasteiger partial charge in [-0.05, 0) is 73.5 Å². The normalized spacial score (nSPS) is 58.7. The molecule has 47 heavy (non-hydrogen) atoms. The fourth-order valence-corrected chi connectivity index (χ4v) is 12.1. The van der Waals surface area contributed by atoms with Crippen molar-refractivity contribution < 1.29 is 59.1 Å². The highest BCUT2D eigenvalue weighted by Crippen LogP contribution is 2.72. The molecule has 12 heteroatoms. The van der Waals surface area contributed by atoms with E-state index in [1.54, 1.807) is 0 Å². The smallest absolute Gasteiger partial charge is 0.302 e. The van der Waals surface area contributed by atoms with E-state index in [-0.39, 0.29) is 48.0 Å². The number of fused-ring (bicyclic) bond motifs is 7. The molecule has 12 nitrogen and oxygen atoms in total. The number of aliphatic hydroxyl groups excluding tert-OH is 5. The third kappa shape index (κ3) is 5.02. The van der Waals surface area contributed by atoms with Crippen LogP contribution in [0, 0.1) is 46.3 Å². The van der Waals surface area contributed by atoms with Gasteiger partial charge in [0.2, 0.25) is 0 Å². The van der Waals surface area contributed by atoms with E-state index in [1.807, 2.05) is 6.92 Å². The lowest BCUT2D eigenvalue weighted by atomic mass is 9.42. The zero-order chi connectivity index (χ0) is 33.8. The van der Waals surface area contributed by atoms with E-state index < -0.39 is 78.4 Å². The predicted octanol–water partition coefficient (Wildman–Crippen LogP) is 1.25. The van der Waals surface area contributed by atoms with Gasteiger partial charge in [-0.3, -0.25) is 4.79 Å². The highest BCUT2D eigenvalue weighted by atomic mass is 16.7. The highest BCUT2D eigenvalue weighted by molar-refractivity contribution is 5.66. The summed E-state index contributed by atoms with van der Waals surface area (Å²) in [6, 6.07) is 0. The van der Waals surface area contributed by atoms with Crippen LogP contribution in [-0.4, -0.2) is 116 Å². The maximum Gasteiger partial charge on any atom is 0.302 e. The van der Waals surface area contributed by atoms with Crippen LogP contribution in [-0.2, 0) is 28.5 Å². The molecule has 3 heterocycles. The molecular weight excluding hydrogens is 612 g/mol. The molecule has 7 aliphatic rings. The van der Waals surface area contributed by atoms with Crippen molar-refractivity contribution in [2.45, 2.75) is 152 Å². The van der Waals surface area contributed by atoms with Crippen molar-refractivity contribution in [3.63, 3.8) is 0 Å². The van der Waals surface area contributed by atoms with Crippen molar-refractivity contribution >= 4 is 5.97 Å². The molecule has 0 radical (unpaired) electrons. The standard InChI is InChI=1S/C35H56O12/c1-16-6-9-35(43-15-16)17(2)27-22(47-35)11-21-19-10-26(38)34(42)13-24(44-18(3)37)23(12-33(34,5)20(19)7-8-32(21,27)4)45-31-30(41)29(40)28(39)25(14-36)46-31/h16-17,19-31,36,38-42H,6-15H2,1-5H3/t16-,17+,19-,20+,21+,22+,23-,24-,25-,26-,27+,28-,29+,30-,31-,32+,33-,34+,35-/m1/s1. The van der Waals surface area contributed by atoms with Gasteiger partial charge < -0.3 is 54.3 Å². The number of carbonyl (C=O) groups is 1. The summed E-state index contributed by atoms with van der Waals surface area (Å²) in [6.07, 6.45) is -4.92. The molecule has 4 aliphatic carbocycles. The first-order valence-corrected chi connectivity index (χ1v) is 17.9. The van der Waals surface area contributed by atoms with Crippen molar-refractivity contribution in [2.75, 3.05) is 13.2 Å². The van der Waals surface area contributed by atoms with Crippen LogP contribution in [0.5, 0.6) is 0 Å². The molecule has 268 valence electrons. The van der Waals surface area contributed by atoms with Gasteiger partial charge >= 0.3 is 5.97 Å². The summed E-state index contributed by atoms with van der Waals surface area (Å²) >= 11 is 0. The molecule has 6 N–H and O–H groups in total. The van der Waals surface area contributed by atoms with Crippen LogP contribution in [0.4, 0.5) is 0 Å². The van der Waals surface area contributed by atoms with E-state index in [0.717, 1.165) is 38.7 Å². The summed E-state index contributed by atoms with van der Waals surface area (Å²) in [5, 5.41) is 65.5. The molecule has 19 atom stereocenters. The summed E-state index contributed by atoms with van der Waals surface area (Å²) in [5.74, 6) is 0.461. The molecule has 0 bridgehead atoms. The zero-order valence-corrected chi connectivity index (χ0v) is 28.4. The lowest BCUT2D eigenvalue weighted by Gasteiger charge is -2.66. The summed E-state index contributed by atoms with van der Waals surface area (Å²) in [4.78, 5) is 12.2. The van der Waals surface area contributed by atoms with Crippen LogP contribution in [0.3, 0.4) is 0 Å². The highest BCUT2D eigenvalue weighted by Gasteiger charge is 2.73. The molecule has 0 aromatic rings. The van der Waals surface area contributed by atoms with Gasteiger partial charge in [-0.1, -0.05) is 27.7 Å². The van der Waals surface area contributed by atoms with E-state index in [0.29, 0.717) is 18.3 Å². The number of rotatable bonds is 4. The molecule has 3 saturated heterocycles. The lowest BCUT2D eigenvalue weighted by Crippen LogP contribution is -2.71. The van der Waals surface area contributed by atoms with Crippen LogP contribution >= 0.6 is 0 Å². The summed E-state index contributed by atoms with van der Waals surface area (Å²) in [6.45, 7) is 10.3. The van der Waals surface area contributed by atoms with E-state index in [2.05, 4.69) is 20.8 Å². The van der Waals surface area contributed by atoms with Crippen molar-refractivity contribution in [3.8, 4) is 0 Å². The fraction of sp³-hybridized carbons (Fsp3) is 0.971. The van der Waals surface area contributed by atoms with Gasteiger partial charge in [-0.25, -0.2) is 0 Å². The van der Waals surface area contributed by atoms with E-state index in [9.17, 15) is 35.4 Å². The Morgan fingerprint density at radius 1 is 0.936 bits per heavy atom. The van der Waals surface area contributed by atoms with Gasteiger partial charge in [-0.15, -0.1) is 0 Å². The summed E-state index contributed by atoms with van der Waals surface area (Å²) in [5.41, 5.74) is -2.42. The third-order valence-corrected chi connectivity index (χ3v) is 14.6. The first kappa shape index (κ1) is 34.5. The Hall–Kier alpha value is -0.930. The second-order valence-corrected chi connectivity index (χ2v) is 16.9. The average molecular weight is 669 g/mol. The molecule has 7 rings (SSSR count). The lowest BCUT2D eigenvalue weighted by molar-refractivity contribution is -0.339. The minimum Gasteiger partial charge on any atom is -0.460 e. The van der Waals surface area contributed by atoms with E-state index in [1.165, 1.54) is 6.92 Å². The molecule has 0 aromatic carbocycles. The number of ether oxygens (including phenoxy) is 5. The van der Waals surface area contributed by atoms with Crippen LogP contribution in [0.15, 0.2) is 0 Å². The van der Waals surface area contributed by atoms with E-state index in [4.69, 9.17) is 23.7 Å². The van der Waals surface area contributed by atoms with Crippen LogP contribution in [0.25, 0.3) is 0 Å². The average Bonchev–Trinajstić information content (AvgIpc) is 3.46. The first-order valence-electron chi connectivity index (χ1n) is 17.9. The quantitative estimate of drug-likeness (QED) is 0.186. The van der Waals surface area contributed by atoms with Gasteiger partial charge in [0.05, 0.1) is 37.1 Å². The Morgan fingerprint density at radius 2 is 1.68 bits per heavy atom. The molecule has 4 saturated carbocycles. The van der Waals surface area contributed by atoms with Gasteiger partial charge in [0, 0.05) is 31.1 Å². The minimum absolute atomic E-state index is 0.00607. The van der Waals surface area contributed by atoms with Crippen molar-refractivity contribution in [2.24, 2.45) is 46.3 Å². The fourth-order valence-electron chi connectivity index (χ4n) is 12.1. The molecule has 1 spiro atoms. The molecule has 7 fully saturated rings. The molecule has 0 unspecified atom stereocenters. The molecule has 0 amide bonds. The molecule has 0 aromatic heterocycles. The van der Waals surface area contributed by atoms with E-state index >= 15 is 0 Å². The molecule has 3 aliphatic heterocycles. The zero-order valence-electron chi connectivity index (χ0n) is 28.4. The Balaban J connectivity index is 1.16. The van der Waals surface area contributed by atoms with Gasteiger partial charge in [0.1, 0.15) is 30.5 Å². The Labute approximate surface area is 277 Å². The van der Waals surface area contributed by atoms with Crippen molar-refractivity contribution in [1.82, 2.24) is 0 Å². The maximum atomic E-state index is 12.4. The van der Waals surface area contributed by atoms with Gasteiger partial charge in [0.25, 0.3) is 0 Å². The topological polar surface area (TPSA) is 185 Å². The number of carbonyl (C=O) groups excluding carboxylic acids is 1. The third-order valence-electron chi connectivity index (χ3n) is 14.6. The van der Waals surface area contributed by atoms with Gasteiger partial charge in [-0.2, -0.15) is 0 Å². The summed E-state index contributed by atoms with van der Waals surface area (Å²) in [7, 11) is 0. The SMILES string of the molecule is CC(=O)O[C@@H]1C[C@]2(O)[C@H](O)C[C@H]3[C@@H]4C[C@@H]5O[C@]6(CC[C@@H](C)CO6)[C@@H](C)[C@@H]5[C@@]4(C)CC[C@@H]3[C@@]2(C)C[C@H]1O[C@@H]1O[C@H](CO)[C@@H](O)[C@H](O)[C@H]1O. The monoisotopic (exact) mass is 668 g/mol. The minimum atomic E-state index is -1.63. The second-order valence-electron chi connectivity index (χ2n) is 16.9.